The summed E-state index contributed by atoms with van der Waals surface area (Å²) in [5.74, 6) is -0.130. The van der Waals surface area contributed by atoms with E-state index in [0.717, 1.165) is 0 Å². The molecule has 0 aliphatic rings. The lowest BCUT2D eigenvalue weighted by atomic mass is 10.4. The average molecular weight is 205 g/mol. The van der Waals surface area contributed by atoms with Gasteiger partial charge in [-0.25, -0.2) is 9.97 Å². The van der Waals surface area contributed by atoms with E-state index in [1.807, 2.05) is 11.4 Å². The van der Waals surface area contributed by atoms with Crippen molar-refractivity contribution in [2.45, 2.75) is 0 Å². The fourth-order valence-corrected chi connectivity index (χ4v) is 1.58. The van der Waals surface area contributed by atoms with Crippen LogP contribution in [-0.2, 0) is 0 Å². The number of anilines is 1. The lowest BCUT2D eigenvalue weighted by molar-refractivity contribution is 0.103. The molecule has 0 unspecified atom stereocenters. The summed E-state index contributed by atoms with van der Waals surface area (Å²) in [5, 5.41) is 4.55. The lowest BCUT2D eigenvalue weighted by Gasteiger charge is -2.00. The Morgan fingerprint density at radius 1 is 1.36 bits per heavy atom. The Morgan fingerprint density at radius 2 is 2.14 bits per heavy atom. The zero-order valence-corrected chi connectivity index (χ0v) is 7.99. The van der Waals surface area contributed by atoms with Crippen LogP contribution < -0.4 is 5.32 Å². The van der Waals surface area contributed by atoms with Crippen LogP contribution in [0.4, 0.5) is 5.69 Å². The van der Waals surface area contributed by atoms with E-state index in [4.69, 9.17) is 0 Å². The molecular weight excluding hydrogens is 198 g/mol. The molecule has 2 aromatic rings. The molecule has 1 N–H and O–H groups in total. The molecule has 2 rings (SSSR count). The third-order valence-corrected chi connectivity index (χ3v) is 2.43. The van der Waals surface area contributed by atoms with Gasteiger partial charge in [0.1, 0.15) is 6.33 Å². The van der Waals surface area contributed by atoms with Gasteiger partial charge >= 0.3 is 0 Å². The molecule has 0 bridgehead atoms. The topological polar surface area (TPSA) is 54.9 Å². The van der Waals surface area contributed by atoms with Gasteiger partial charge in [-0.15, -0.1) is 11.3 Å². The molecule has 5 heteroatoms. The number of amides is 1. The first-order valence-electron chi connectivity index (χ1n) is 3.96. The van der Waals surface area contributed by atoms with Crippen LogP contribution in [-0.4, -0.2) is 15.9 Å². The summed E-state index contributed by atoms with van der Waals surface area (Å²) < 4.78 is 0. The summed E-state index contributed by atoms with van der Waals surface area (Å²) in [6.45, 7) is 0. The van der Waals surface area contributed by atoms with Crippen molar-refractivity contribution in [1.82, 2.24) is 9.97 Å². The molecule has 0 aromatic carbocycles. The van der Waals surface area contributed by atoms with Gasteiger partial charge in [0.15, 0.2) is 0 Å². The van der Waals surface area contributed by atoms with E-state index >= 15 is 0 Å². The van der Waals surface area contributed by atoms with Crippen molar-refractivity contribution in [2.24, 2.45) is 0 Å². The Kier molecular flexibility index (Phi) is 2.51. The van der Waals surface area contributed by atoms with Crippen molar-refractivity contribution in [3.63, 3.8) is 0 Å². The van der Waals surface area contributed by atoms with Crippen LogP contribution in [0.1, 0.15) is 9.67 Å². The maximum absolute atomic E-state index is 11.5. The van der Waals surface area contributed by atoms with Crippen molar-refractivity contribution < 1.29 is 4.79 Å². The third-order valence-electron chi connectivity index (χ3n) is 1.56. The Morgan fingerprint density at radius 3 is 2.79 bits per heavy atom. The Hall–Kier alpha value is -1.75. The van der Waals surface area contributed by atoms with Crippen LogP contribution in [0.2, 0.25) is 0 Å². The predicted octanol–water partition coefficient (Wildman–Crippen LogP) is 1.79. The first kappa shape index (κ1) is 8.83. The highest BCUT2D eigenvalue weighted by Crippen LogP contribution is 2.11. The molecule has 0 radical (unpaired) electrons. The molecule has 2 heterocycles. The number of carbonyl (C=O) groups is 1. The van der Waals surface area contributed by atoms with E-state index in [1.54, 1.807) is 18.5 Å². The molecule has 0 aliphatic heterocycles. The van der Waals surface area contributed by atoms with Gasteiger partial charge in [0.05, 0.1) is 23.0 Å². The monoisotopic (exact) mass is 205 g/mol. The summed E-state index contributed by atoms with van der Waals surface area (Å²) in [5.41, 5.74) is 0.603. The smallest absolute Gasteiger partial charge is 0.265 e. The number of carbonyl (C=O) groups excluding carboxylic acids is 1. The van der Waals surface area contributed by atoms with Crippen LogP contribution in [0.25, 0.3) is 0 Å². The number of thiophene rings is 1. The third kappa shape index (κ3) is 1.94. The number of nitrogens with zero attached hydrogens (tertiary/aromatic N) is 2. The molecule has 1 amide bonds. The first-order chi connectivity index (χ1) is 6.86. The SMILES string of the molecule is O=C(Nc1cncnc1)c1cccs1. The minimum Gasteiger partial charge on any atom is -0.319 e. The van der Waals surface area contributed by atoms with E-state index in [0.29, 0.717) is 10.6 Å². The fourth-order valence-electron chi connectivity index (χ4n) is 0.964. The maximum Gasteiger partial charge on any atom is 0.265 e. The van der Waals surface area contributed by atoms with Crippen LogP contribution >= 0.6 is 11.3 Å². The molecule has 4 nitrogen and oxygen atoms in total. The zero-order chi connectivity index (χ0) is 9.80. The van der Waals surface area contributed by atoms with Gasteiger partial charge in [0, 0.05) is 0 Å². The molecule has 0 spiro atoms. The molecule has 0 saturated heterocycles. The summed E-state index contributed by atoms with van der Waals surface area (Å²) in [7, 11) is 0. The molecule has 0 atom stereocenters. The van der Waals surface area contributed by atoms with Gasteiger partial charge in [-0.2, -0.15) is 0 Å². The number of aromatic nitrogens is 2. The normalized spacial score (nSPS) is 9.71. The second-order valence-electron chi connectivity index (χ2n) is 2.56. The molecule has 0 fully saturated rings. The van der Waals surface area contributed by atoms with Crippen LogP contribution in [0.5, 0.6) is 0 Å². The summed E-state index contributed by atoms with van der Waals surface area (Å²) >= 11 is 1.40. The highest BCUT2D eigenvalue weighted by Gasteiger charge is 2.05. The number of nitrogens with one attached hydrogen (secondary N) is 1. The second-order valence-corrected chi connectivity index (χ2v) is 3.51. The quantitative estimate of drug-likeness (QED) is 0.813. The first-order valence-corrected chi connectivity index (χ1v) is 4.84. The molecule has 2 aromatic heterocycles. The van der Waals surface area contributed by atoms with E-state index in [2.05, 4.69) is 15.3 Å². The summed E-state index contributed by atoms with van der Waals surface area (Å²) in [6.07, 6.45) is 4.53. The van der Waals surface area contributed by atoms with E-state index in [9.17, 15) is 4.79 Å². The standard InChI is InChI=1S/C9H7N3OS/c13-9(8-2-1-3-14-8)12-7-4-10-6-11-5-7/h1-6H,(H,12,13). The predicted molar refractivity (Wildman–Crippen MR) is 54.3 cm³/mol. The van der Waals surface area contributed by atoms with Gasteiger partial charge in [0.25, 0.3) is 5.91 Å². The zero-order valence-electron chi connectivity index (χ0n) is 7.18. The highest BCUT2D eigenvalue weighted by molar-refractivity contribution is 7.12. The van der Waals surface area contributed by atoms with Gasteiger partial charge < -0.3 is 5.32 Å². The van der Waals surface area contributed by atoms with E-state index < -0.39 is 0 Å². The van der Waals surface area contributed by atoms with Crippen molar-refractivity contribution in [2.75, 3.05) is 5.32 Å². The van der Waals surface area contributed by atoms with Crippen molar-refractivity contribution >= 4 is 22.9 Å². The molecule has 70 valence electrons. The minimum absolute atomic E-state index is 0.130. The second kappa shape index (κ2) is 3.97. The van der Waals surface area contributed by atoms with E-state index in [-0.39, 0.29) is 5.91 Å². The van der Waals surface area contributed by atoms with Gasteiger partial charge in [-0.3, -0.25) is 4.79 Å². The average Bonchev–Trinajstić information content (AvgIpc) is 2.72. The van der Waals surface area contributed by atoms with Crippen LogP contribution in [0.15, 0.2) is 36.2 Å². The van der Waals surface area contributed by atoms with Gasteiger partial charge in [-0.05, 0) is 11.4 Å². The Balaban J connectivity index is 2.10. The van der Waals surface area contributed by atoms with Crippen molar-refractivity contribution in [1.29, 1.82) is 0 Å². The number of hydrogen-bond donors (Lipinski definition) is 1. The maximum atomic E-state index is 11.5. The molecular formula is C9H7N3OS. The van der Waals surface area contributed by atoms with Crippen molar-refractivity contribution in [3.8, 4) is 0 Å². The Bertz CT molecular complexity index is 413. The lowest BCUT2D eigenvalue weighted by Crippen LogP contribution is -2.10. The summed E-state index contributed by atoms with van der Waals surface area (Å²) in [6, 6.07) is 3.60. The molecule has 0 saturated carbocycles. The number of hydrogen-bond acceptors (Lipinski definition) is 4. The summed E-state index contributed by atoms with van der Waals surface area (Å²) in [4.78, 5) is 19.8. The van der Waals surface area contributed by atoms with E-state index in [1.165, 1.54) is 17.7 Å². The number of rotatable bonds is 2. The largest absolute Gasteiger partial charge is 0.319 e. The van der Waals surface area contributed by atoms with Gasteiger partial charge in [0.2, 0.25) is 0 Å². The fraction of sp³-hybridized carbons (Fsp3) is 0. The van der Waals surface area contributed by atoms with Crippen LogP contribution in [0.3, 0.4) is 0 Å². The highest BCUT2D eigenvalue weighted by atomic mass is 32.1. The minimum atomic E-state index is -0.130. The Labute approximate surface area is 84.6 Å². The molecule has 14 heavy (non-hydrogen) atoms. The van der Waals surface area contributed by atoms with Crippen molar-refractivity contribution in [3.05, 3.63) is 41.1 Å². The van der Waals surface area contributed by atoms with Gasteiger partial charge in [-0.1, -0.05) is 6.07 Å². The molecule has 0 aliphatic carbocycles. The van der Waals surface area contributed by atoms with Crippen LogP contribution in [0, 0.1) is 0 Å².